The second kappa shape index (κ2) is 10.1. The van der Waals surface area contributed by atoms with E-state index >= 15 is 0 Å². The molecule has 0 radical (unpaired) electrons. The molecule has 5 rings (SSSR count). The van der Waals surface area contributed by atoms with Crippen LogP contribution in [0, 0.1) is 5.41 Å². The number of carbonyl (C=O) groups excluding carboxylic acids is 2. The number of hydrogen-bond donors (Lipinski definition) is 1. The Balaban J connectivity index is 1.34. The van der Waals surface area contributed by atoms with Gasteiger partial charge >= 0.3 is 0 Å². The van der Waals surface area contributed by atoms with Gasteiger partial charge in [0.2, 0.25) is 5.91 Å². The lowest BCUT2D eigenvalue weighted by Crippen LogP contribution is -2.52. The number of Topliss-reactive ketones (excluding diaryl/α,β-unsaturated/α-hetero) is 1. The van der Waals surface area contributed by atoms with Crippen LogP contribution in [0.5, 0.6) is 0 Å². The first kappa shape index (κ1) is 24.6. The number of nitrogens with one attached hydrogen (secondary N) is 1. The van der Waals surface area contributed by atoms with Gasteiger partial charge in [0, 0.05) is 50.4 Å². The van der Waals surface area contributed by atoms with E-state index in [1.54, 1.807) is 0 Å². The molecule has 6 nitrogen and oxygen atoms in total. The van der Waals surface area contributed by atoms with Gasteiger partial charge in [-0.1, -0.05) is 63.2 Å². The average molecular weight is 487 g/mol. The predicted octanol–water partition coefficient (Wildman–Crippen LogP) is 4.68. The van der Waals surface area contributed by atoms with Crippen LogP contribution in [0.2, 0.25) is 0 Å². The summed E-state index contributed by atoms with van der Waals surface area (Å²) in [6.07, 6.45) is 2.16. The van der Waals surface area contributed by atoms with Crippen molar-refractivity contribution in [2.75, 3.05) is 42.9 Å². The molecule has 0 saturated carbocycles. The quantitative estimate of drug-likeness (QED) is 0.665. The molecule has 1 saturated heterocycles. The number of carbonyl (C=O) groups is 2. The fourth-order valence-corrected chi connectivity index (χ4v) is 6.01. The van der Waals surface area contributed by atoms with Crippen LogP contribution in [-0.4, -0.2) is 60.3 Å². The van der Waals surface area contributed by atoms with E-state index in [0.717, 1.165) is 68.2 Å². The Morgan fingerprint density at radius 3 is 2.39 bits per heavy atom. The van der Waals surface area contributed by atoms with Crippen LogP contribution in [0.15, 0.2) is 65.9 Å². The maximum Gasteiger partial charge on any atom is 0.242 e. The van der Waals surface area contributed by atoms with Crippen molar-refractivity contribution >= 4 is 23.1 Å². The number of benzene rings is 2. The first-order valence-corrected chi connectivity index (χ1v) is 13.3. The molecule has 0 aromatic heterocycles. The third-order valence-electron chi connectivity index (χ3n) is 7.79. The molecule has 6 heteroatoms. The van der Waals surface area contributed by atoms with E-state index in [9.17, 15) is 9.59 Å². The highest BCUT2D eigenvalue weighted by Gasteiger charge is 2.40. The summed E-state index contributed by atoms with van der Waals surface area (Å²) in [7, 11) is 0. The van der Waals surface area contributed by atoms with Crippen molar-refractivity contribution in [3.05, 3.63) is 71.4 Å². The third-order valence-corrected chi connectivity index (χ3v) is 7.79. The molecule has 1 aliphatic carbocycles. The molecule has 1 fully saturated rings. The molecule has 2 aliphatic heterocycles. The minimum Gasteiger partial charge on any atom is -0.357 e. The number of fused-ring (bicyclic) bond motifs is 1. The Labute approximate surface area is 215 Å². The lowest BCUT2D eigenvalue weighted by Gasteiger charge is -2.39. The van der Waals surface area contributed by atoms with Gasteiger partial charge < -0.3 is 15.1 Å². The Morgan fingerprint density at radius 2 is 1.67 bits per heavy atom. The second-order valence-electron chi connectivity index (χ2n) is 11.2. The molecule has 36 heavy (non-hydrogen) atoms. The first-order chi connectivity index (χ1) is 17.3. The van der Waals surface area contributed by atoms with Gasteiger partial charge in [0.25, 0.3) is 0 Å². The number of rotatable bonds is 5. The molecule has 2 aromatic rings. The summed E-state index contributed by atoms with van der Waals surface area (Å²) in [6, 6.07) is 18.6. The van der Waals surface area contributed by atoms with Crippen LogP contribution in [0.3, 0.4) is 0 Å². The van der Waals surface area contributed by atoms with E-state index in [1.165, 1.54) is 5.56 Å². The Morgan fingerprint density at radius 1 is 0.972 bits per heavy atom. The average Bonchev–Trinajstić information content (AvgIpc) is 2.98. The van der Waals surface area contributed by atoms with E-state index in [2.05, 4.69) is 72.3 Å². The van der Waals surface area contributed by atoms with E-state index < -0.39 is 0 Å². The van der Waals surface area contributed by atoms with Crippen molar-refractivity contribution in [2.45, 2.75) is 52.6 Å². The Kier molecular flexibility index (Phi) is 6.89. The summed E-state index contributed by atoms with van der Waals surface area (Å²) in [5.74, 6) is 0.343. The highest BCUT2D eigenvalue weighted by atomic mass is 16.2. The number of piperazine rings is 1. The molecule has 2 heterocycles. The Hall–Kier alpha value is -3.12. The number of amides is 1. The van der Waals surface area contributed by atoms with Crippen LogP contribution in [0.4, 0.5) is 11.4 Å². The van der Waals surface area contributed by atoms with Gasteiger partial charge in [-0.3, -0.25) is 14.5 Å². The highest BCUT2D eigenvalue weighted by molar-refractivity contribution is 6.01. The highest BCUT2D eigenvalue weighted by Crippen LogP contribution is 2.44. The maximum absolute atomic E-state index is 13.6. The number of hydrogen-bond acceptors (Lipinski definition) is 5. The van der Waals surface area contributed by atoms with E-state index in [0.29, 0.717) is 6.42 Å². The van der Waals surface area contributed by atoms with Gasteiger partial charge in [0.15, 0.2) is 5.78 Å². The van der Waals surface area contributed by atoms with Gasteiger partial charge in [-0.15, -0.1) is 0 Å². The van der Waals surface area contributed by atoms with Crippen LogP contribution >= 0.6 is 0 Å². The lowest BCUT2D eigenvalue weighted by molar-refractivity contribution is -0.131. The Bertz CT molecular complexity index is 1150. The minimum absolute atomic E-state index is 0.0689. The number of para-hydroxylation sites is 2. The number of allylic oxidation sites excluding steroid dienone is 1. The molecule has 1 atom stereocenters. The molecule has 0 spiro atoms. The number of anilines is 2. The smallest absolute Gasteiger partial charge is 0.242 e. The van der Waals surface area contributed by atoms with Crippen LogP contribution < -0.4 is 10.2 Å². The molecular weight excluding hydrogens is 448 g/mol. The molecular formula is C30H38N4O2. The normalized spacial score (nSPS) is 22.0. The second-order valence-corrected chi connectivity index (χ2v) is 11.2. The first-order valence-electron chi connectivity index (χ1n) is 13.3. The molecule has 1 N–H and O–H groups in total. The zero-order valence-corrected chi connectivity index (χ0v) is 21.8. The van der Waals surface area contributed by atoms with Crippen molar-refractivity contribution in [3.8, 4) is 0 Å². The minimum atomic E-state index is -0.108. The van der Waals surface area contributed by atoms with Crippen molar-refractivity contribution in [1.82, 2.24) is 9.80 Å². The SMILES string of the molecule is CCC1C2=C(CC(C)(C)CC2=O)Nc2ccccc2N1CC(=O)N1CCN(Cc2ccccc2)CC1. The van der Waals surface area contributed by atoms with Crippen molar-refractivity contribution < 1.29 is 9.59 Å². The number of nitrogens with zero attached hydrogens (tertiary/aromatic N) is 3. The summed E-state index contributed by atoms with van der Waals surface area (Å²) < 4.78 is 0. The van der Waals surface area contributed by atoms with Gasteiger partial charge in [-0.05, 0) is 36.0 Å². The summed E-state index contributed by atoms with van der Waals surface area (Å²) in [5.41, 5.74) is 5.11. The number of ketones is 1. The molecule has 3 aliphatic rings. The van der Waals surface area contributed by atoms with Crippen molar-refractivity contribution in [1.29, 1.82) is 0 Å². The topological polar surface area (TPSA) is 55.9 Å². The van der Waals surface area contributed by atoms with E-state index in [1.807, 2.05) is 23.1 Å². The fraction of sp³-hybridized carbons (Fsp3) is 0.467. The standard InChI is InChI=1S/C30H38N4O2/c1-4-25-29-24(18-30(2,3)19-27(29)35)31-23-12-8-9-13-26(23)34(25)21-28(36)33-16-14-32(15-17-33)20-22-10-6-5-7-11-22/h5-13,25,31H,4,14-21H2,1-3H3. The van der Waals surface area contributed by atoms with Crippen LogP contribution in [0.1, 0.15) is 45.6 Å². The predicted molar refractivity (Wildman–Crippen MR) is 145 cm³/mol. The van der Waals surface area contributed by atoms with Gasteiger partial charge in [0.1, 0.15) is 0 Å². The molecule has 0 bridgehead atoms. The van der Waals surface area contributed by atoms with Gasteiger partial charge in [0.05, 0.1) is 24.0 Å². The maximum atomic E-state index is 13.6. The summed E-state index contributed by atoms with van der Waals surface area (Å²) in [5, 5.41) is 3.61. The summed E-state index contributed by atoms with van der Waals surface area (Å²) in [6.45, 7) is 10.9. The third kappa shape index (κ3) is 5.05. The van der Waals surface area contributed by atoms with Crippen LogP contribution in [0.25, 0.3) is 0 Å². The zero-order valence-electron chi connectivity index (χ0n) is 21.8. The largest absolute Gasteiger partial charge is 0.357 e. The van der Waals surface area contributed by atoms with E-state index in [-0.39, 0.29) is 29.7 Å². The monoisotopic (exact) mass is 486 g/mol. The zero-order chi connectivity index (χ0) is 25.3. The molecule has 190 valence electrons. The molecule has 2 aromatic carbocycles. The van der Waals surface area contributed by atoms with E-state index in [4.69, 9.17) is 0 Å². The van der Waals surface area contributed by atoms with Crippen LogP contribution in [-0.2, 0) is 16.1 Å². The van der Waals surface area contributed by atoms with Gasteiger partial charge in [-0.25, -0.2) is 0 Å². The van der Waals surface area contributed by atoms with Gasteiger partial charge in [-0.2, -0.15) is 0 Å². The van der Waals surface area contributed by atoms with Crippen molar-refractivity contribution in [3.63, 3.8) is 0 Å². The molecule has 1 unspecified atom stereocenters. The summed E-state index contributed by atoms with van der Waals surface area (Å²) >= 11 is 0. The molecule has 1 amide bonds. The fourth-order valence-electron chi connectivity index (χ4n) is 6.01. The van der Waals surface area contributed by atoms with Crippen molar-refractivity contribution in [2.24, 2.45) is 5.41 Å². The summed E-state index contributed by atoms with van der Waals surface area (Å²) in [4.78, 5) is 33.6. The lowest BCUT2D eigenvalue weighted by atomic mass is 9.74.